The van der Waals surface area contributed by atoms with Gasteiger partial charge in [-0.05, 0) is 36.5 Å². The van der Waals surface area contributed by atoms with E-state index >= 15 is 0 Å². The molecule has 1 aromatic carbocycles. The summed E-state index contributed by atoms with van der Waals surface area (Å²) in [7, 11) is 0. The molecule has 0 radical (unpaired) electrons. The Morgan fingerprint density at radius 1 is 1.24 bits per heavy atom. The first-order valence-corrected chi connectivity index (χ1v) is 8.55. The zero-order valence-electron chi connectivity index (χ0n) is 14.0. The summed E-state index contributed by atoms with van der Waals surface area (Å²) in [6.45, 7) is 1.35. The zero-order chi connectivity index (χ0) is 17.8. The second kappa shape index (κ2) is 7.76. The van der Waals surface area contributed by atoms with Gasteiger partial charge in [-0.1, -0.05) is 12.1 Å². The molecule has 7 heteroatoms. The number of hydrogen-bond acceptors (Lipinski definition) is 5. The van der Waals surface area contributed by atoms with Crippen LogP contribution in [0.4, 0.5) is 0 Å². The van der Waals surface area contributed by atoms with Gasteiger partial charge in [0.05, 0.1) is 13.2 Å². The van der Waals surface area contributed by atoms with Gasteiger partial charge < -0.3 is 14.7 Å². The SMILES string of the molecule is O=C1CCC(N2Cc3cc(CCCOCCO)ccc3C2=O)C(=O)N1. The van der Waals surface area contributed by atoms with Crippen molar-refractivity contribution in [2.24, 2.45) is 0 Å². The van der Waals surface area contributed by atoms with Gasteiger partial charge in [-0.25, -0.2) is 0 Å². The van der Waals surface area contributed by atoms with E-state index in [1.54, 1.807) is 4.90 Å². The van der Waals surface area contributed by atoms with Crippen LogP contribution in [0.15, 0.2) is 18.2 Å². The number of aliphatic hydroxyl groups excluding tert-OH is 1. The van der Waals surface area contributed by atoms with Crippen molar-refractivity contribution in [2.75, 3.05) is 19.8 Å². The van der Waals surface area contributed by atoms with Gasteiger partial charge in [0.2, 0.25) is 11.8 Å². The number of fused-ring (bicyclic) bond motifs is 1. The van der Waals surface area contributed by atoms with E-state index in [-0.39, 0.29) is 24.8 Å². The molecule has 25 heavy (non-hydrogen) atoms. The number of nitrogens with one attached hydrogen (secondary N) is 1. The molecule has 1 fully saturated rings. The number of rotatable bonds is 7. The molecule has 1 atom stereocenters. The Balaban J connectivity index is 1.63. The molecule has 0 aromatic heterocycles. The maximum atomic E-state index is 12.6. The number of hydrogen-bond donors (Lipinski definition) is 2. The summed E-state index contributed by atoms with van der Waals surface area (Å²) in [6, 6.07) is 5.17. The Hall–Kier alpha value is -2.25. The molecule has 1 unspecified atom stereocenters. The molecule has 1 saturated heterocycles. The fourth-order valence-corrected chi connectivity index (χ4v) is 3.33. The lowest BCUT2D eigenvalue weighted by molar-refractivity contribution is -0.136. The highest BCUT2D eigenvalue weighted by Crippen LogP contribution is 2.28. The van der Waals surface area contributed by atoms with E-state index in [0.29, 0.717) is 31.7 Å². The van der Waals surface area contributed by atoms with E-state index in [4.69, 9.17) is 9.84 Å². The van der Waals surface area contributed by atoms with Gasteiger partial charge in [-0.2, -0.15) is 0 Å². The predicted molar refractivity (Wildman–Crippen MR) is 88.7 cm³/mol. The third-order valence-electron chi connectivity index (χ3n) is 4.58. The average molecular weight is 346 g/mol. The molecule has 0 bridgehead atoms. The summed E-state index contributed by atoms with van der Waals surface area (Å²) >= 11 is 0. The monoisotopic (exact) mass is 346 g/mol. The lowest BCUT2D eigenvalue weighted by Crippen LogP contribution is -2.52. The number of ether oxygens (including phenoxy) is 1. The number of benzene rings is 1. The molecule has 7 nitrogen and oxygen atoms in total. The van der Waals surface area contributed by atoms with Gasteiger partial charge in [-0.15, -0.1) is 0 Å². The van der Waals surface area contributed by atoms with Crippen LogP contribution in [0.25, 0.3) is 0 Å². The summed E-state index contributed by atoms with van der Waals surface area (Å²) in [5.41, 5.74) is 2.66. The minimum absolute atomic E-state index is 0.0249. The van der Waals surface area contributed by atoms with Crippen molar-refractivity contribution in [1.82, 2.24) is 10.2 Å². The van der Waals surface area contributed by atoms with E-state index in [0.717, 1.165) is 24.0 Å². The van der Waals surface area contributed by atoms with Crippen LogP contribution in [0.2, 0.25) is 0 Å². The summed E-state index contributed by atoms with van der Waals surface area (Å²) in [6.07, 6.45) is 2.30. The summed E-state index contributed by atoms with van der Waals surface area (Å²) < 4.78 is 5.25. The molecule has 3 rings (SSSR count). The van der Waals surface area contributed by atoms with Gasteiger partial charge in [0.25, 0.3) is 5.91 Å². The van der Waals surface area contributed by atoms with Crippen molar-refractivity contribution in [3.8, 4) is 0 Å². The van der Waals surface area contributed by atoms with Crippen molar-refractivity contribution in [2.45, 2.75) is 38.3 Å². The number of carbonyl (C=O) groups is 3. The molecule has 2 aliphatic heterocycles. The van der Waals surface area contributed by atoms with E-state index in [1.807, 2.05) is 18.2 Å². The summed E-state index contributed by atoms with van der Waals surface area (Å²) in [5, 5.41) is 11.0. The van der Waals surface area contributed by atoms with Crippen LogP contribution in [0, 0.1) is 0 Å². The van der Waals surface area contributed by atoms with E-state index < -0.39 is 11.9 Å². The highest BCUT2D eigenvalue weighted by Gasteiger charge is 2.38. The van der Waals surface area contributed by atoms with Crippen molar-refractivity contribution in [3.05, 3.63) is 34.9 Å². The predicted octanol–water partition coefficient (Wildman–Crippen LogP) is 0.389. The normalized spacial score (nSPS) is 20.0. The van der Waals surface area contributed by atoms with Crippen molar-refractivity contribution >= 4 is 17.7 Å². The number of nitrogens with zero attached hydrogens (tertiary/aromatic N) is 1. The number of aryl methyl sites for hydroxylation is 1. The van der Waals surface area contributed by atoms with Crippen LogP contribution in [0.1, 0.15) is 40.7 Å². The van der Waals surface area contributed by atoms with E-state index in [9.17, 15) is 14.4 Å². The minimum atomic E-state index is -0.576. The molecular weight excluding hydrogens is 324 g/mol. The topological polar surface area (TPSA) is 95.9 Å². The smallest absolute Gasteiger partial charge is 0.255 e. The lowest BCUT2D eigenvalue weighted by Gasteiger charge is -2.29. The third-order valence-corrected chi connectivity index (χ3v) is 4.58. The van der Waals surface area contributed by atoms with Crippen molar-refractivity contribution in [3.63, 3.8) is 0 Å². The second-order valence-electron chi connectivity index (χ2n) is 6.33. The minimum Gasteiger partial charge on any atom is -0.394 e. The Morgan fingerprint density at radius 3 is 2.84 bits per heavy atom. The molecule has 2 heterocycles. The van der Waals surface area contributed by atoms with Crippen LogP contribution in [-0.2, 0) is 27.3 Å². The van der Waals surface area contributed by atoms with Crippen molar-refractivity contribution in [1.29, 1.82) is 0 Å². The van der Waals surface area contributed by atoms with Gasteiger partial charge in [-0.3, -0.25) is 19.7 Å². The Morgan fingerprint density at radius 2 is 2.08 bits per heavy atom. The van der Waals surface area contributed by atoms with Crippen LogP contribution in [0.3, 0.4) is 0 Å². The molecular formula is C18H22N2O5. The van der Waals surface area contributed by atoms with E-state index in [2.05, 4.69) is 5.32 Å². The highest BCUT2D eigenvalue weighted by atomic mass is 16.5. The Bertz CT molecular complexity index is 688. The van der Waals surface area contributed by atoms with Crippen LogP contribution in [-0.4, -0.2) is 53.6 Å². The van der Waals surface area contributed by atoms with Crippen LogP contribution in [0.5, 0.6) is 0 Å². The fraction of sp³-hybridized carbons (Fsp3) is 0.500. The molecule has 1 aromatic rings. The first-order valence-electron chi connectivity index (χ1n) is 8.55. The van der Waals surface area contributed by atoms with Crippen molar-refractivity contribution < 1.29 is 24.2 Å². The number of carbonyl (C=O) groups excluding carboxylic acids is 3. The number of amides is 3. The number of piperidine rings is 1. The van der Waals surface area contributed by atoms with E-state index in [1.165, 1.54) is 0 Å². The molecule has 3 amide bonds. The third kappa shape index (κ3) is 3.88. The first-order chi connectivity index (χ1) is 12.1. The Kier molecular flexibility index (Phi) is 5.45. The fourth-order valence-electron chi connectivity index (χ4n) is 3.33. The number of aliphatic hydroxyl groups is 1. The maximum Gasteiger partial charge on any atom is 0.255 e. The quantitative estimate of drug-likeness (QED) is 0.550. The molecule has 2 N–H and O–H groups in total. The summed E-state index contributed by atoms with van der Waals surface area (Å²) in [5.74, 6) is -0.822. The molecule has 134 valence electrons. The molecule has 0 saturated carbocycles. The Labute approximate surface area is 146 Å². The molecule has 0 spiro atoms. The highest BCUT2D eigenvalue weighted by molar-refractivity contribution is 6.05. The van der Waals surface area contributed by atoms with Crippen LogP contribution < -0.4 is 5.32 Å². The van der Waals surface area contributed by atoms with Gasteiger partial charge in [0.15, 0.2) is 0 Å². The second-order valence-corrected chi connectivity index (χ2v) is 6.33. The van der Waals surface area contributed by atoms with Gasteiger partial charge in [0.1, 0.15) is 6.04 Å². The first kappa shape index (κ1) is 17.6. The zero-order valence-corrected chi connectivity index (χ0v) is 14.0. The maximum absolute atomic E-state index is 12.6. The standard InChI is InChI=1S/C18H22N2O5/c21-7-9-25-8-1-2-12-3-4-14-13(10-12)11-20(18(14)24)15-5-6-16(22)19-17(15)23/h3-4,10,15,21H,1-2,5-9,11H2,(H,19,22,23). The number of imide groups is 1. The van der Waals surface area contributed by atoms with Gasteiger partial charge in [0, 0.05) is 25.1 Å². The van der Waals surface area contributed by atoms with Crippen LogP contribution >= 0.6 is 0 Å². The molecule has 2 aliphatic rings. The average Bonchev–Trinajstić information content (AvgIpc) is 2.91. The summed E-state index contributed by atoms with van der Waals surface area (Å²) in [4.78, 5) is 37.5. The largest absolute Gasteiger partial charge is 0.394 e. The molecule has 0 aliphatic carbocycles. The lowest BCUT2D eigenvalue weighted by atomic mass is 10.0. The van der Waals surface area contributed by atoms with Gasteiger partial charge >= 0.3 is 0 Å².